The smallest absolute Gasteiger partial charge is 0.323 e. The molecule has 0 bridgehead atoms. The number of rotatable bonds is 7. The third-order valence-electron chi connectivity index (χ3n) is 3.68. The van der Waals surface area contributed by atoms with E-state index in [1.807, 2.05) is 0 Å². The fraction of sp³-hybridized carbons (Fsp3) is 0.222. The van der Waals surface area contributed by atoms with Crippen molar-refractivity contribution in [3.05, 3.63) is 64.7 Å². The predicted molar refractivity (Wildman–Crippen MR) is 101 cm³/mol. The minimum absolute atomic E-state index is 0.00558. The Morgan fingerprint density at radius 1 is 1.07 bits per heavy atom. The predicted octanol–water partition coefficient (Wildman–Crippen LogP) is 2.11. The van der Waals surface area contributed by atoms with Gasteiger partial charge in [0.2, 0.25) is 10.0 Å². The number of carbonyl (C=O) groups is 2. The number of hydrogen-bond acceptors (Lipinski definition) is 5. The van der Waals surface area contributed by atoms with Crippen molar-refractivity contribution in [1.29, 1.82) is 0 Å². The second-order valence-electron chi connectivity index (χ2n) is 5.70. The van der Waals surface area contributed by atoms with Gasteiger partial charge in [-0.05, 0) is 48.9 Å². The molecule has 1 unspecified atom stereocenters. The number of ether oxygens (including phenoxy) is 1. The van der Waals surface area contributed by atoms with E-state index in [1.54, 1.807) is 36.4 Å². The molecule has 0 fully saturated rings. The molecule has 0 saturated carbocycles. The number of amides is 1. The van der Waals surface area contributed by atoms with E-state index in [1.165, 1.54) is 26.2 Å². The first kappa shape index (κ1) is 20.9. The molecule has 7 nitrogen and oxygen atoms in total. The molecule has 2 aromatic carbocycles. The van der Waals surface area contributed by atoms with E-state index < -0.39 is 22.0 Å². The summed E-state index contributed by atoms with van der Waals surface area (Å²) in [6.45, 7) is 1.62. The summed E-state index contributed by atoms with van der Waals surface area (Å²) < 4.78 is 31.2. The zero-order chi connectivity index (χ0) is 20.0. The Kier molecular flexibility index (Phi) is 6.95. The van der Waals surface area contributed by atoms with Gasteiger partial charge in [0, 0.05) is 17.1 Å². The monoisotopic (exact) mass is 410 g/mol. The maximum atomic E-state index is 12.3. The highest BCUT2D eigenvalue weighted by Gasteiger charge is 2.22. The average molecular weight is 411 g/mol. The summed E-state index contributed by atoms with van der Waals surface area (Å²) in [5.74, 6) is -0.947. The Morgan fingerprint density at radius 2 is 1.67 bits per heavy atom. The molecule has 1 atom stereocenters. The van der Waals surface area contributed by atoms with Gasteiger partial charge in [0.05, 0.1) is 12.0 Å². The summed E-state index contributed by atoms with van der Waals surface area (Å²) in [4.78, 5) is 23.4. The maximum absolute atomic E-state index is 12.3. The lowest BCUT2D eigenvalue weighted by Gasteiger charge is -2.12. The van der Waals surface area contributed by atoms with E-state index in [0.29, 0.717) is 10.6 Å². The number of esters is 1. The molecule has 0 aromatic heterocycles. The molecule has 0 aliphatic rings. The minimum atomic E-state index is -3.86. The quantitative estimate of drug-likeness (QED) is 0.681. The van der Waals surface area contributed by atoms with Gasteiger partial charge in [-0.1, -0.05) is 23.7 Å². The van der Waals surface area contributed by atoms with Crippen LogP contribution in [0, 0.1) is 0 Å². The van der Waals surface area contributed by atoms with Crippen molar-refractivity contribution in [2.24, 2.45) is 0 Å². The van der Waals surface area contributed by atoms with Gasteiger partial charge in [-0.15, -0.1) is 0 Å². The number of halogens is 1. The molecule has 0 spiro atoms. The molecule has 27 heavy (non-hydrogen) atoms. The van der Waals surface area contributed by atoms with Gasteiger partial charge in [-0.25, -0.2) is 8.42 Å². The summed E-state index contributed by atoms with van der Waals surface area (Å²) in [5, 5.41) is 3.28. The molecule has 2 rings (SSSR count). The molecule has 0 heterocycles. The number of sulfonamides is 1. The first-order chi connectivity index (χ1) is 12.7. The highest BCUT2D eigenvalue weighted by Crippen LogP contribution is 2.12. The highest BCUT2D eigenvalue weighted by molar-refractivity contribution is 7.89. The maximum Gasteiger partial charge on any atom is 0.323 e. The van der Waals surface area contributed by atoms with Gasteiger partial charge in [0.1, 0.15) is 6.04 Å². The van der Waals surface area contributed by atoms with Crippen LogP contribution >= 0.6 is 11.6 Å². The Labute approximate surface area is 162 Å². The SMILES string of the molecule is COC(=O)C(C)NS(=O)(=O)c1ccc(CNC(=O)c2ccc(Cl)cc2)cc1. The lowest BCUT2D eigenvalue weighted by atomic mass is 10.2. The Bertz CT molecular complexity index is 912. The van der Waals surface area contributed by atoms with E-state index in [2.05, 4.69) is 14.8 Å². The van der Waals surface area contributed by atoms with Gasteiger partial charge in [0.15, 0.2) is 0 Å². The molecule has 0 aliphatic heterocycles. The van der Waals surface area contributed by atoms with Crippen molar-refractivity contribution in [2.75, 3.05) is 7.11 Å². The van der Waals surface area contributed by atoms with Crippen molar-refractivity contribution in [1.82, 2.24) is 10.0 Å². The van der Waals surface area contributed by atoms with E-state index in [0.717, 1.165) is 5.56 Å². The Balaban J connectivity index is 1.99. The van der Waals surface area contributed by atoms with Crippen LogP contribution in [0.2, 0.25) is 5.02 Å². The second kappa shape index (κ2) is 8.98. The van der Waals surface area contributed by atoms with E-state index in [-0.39, 0.29) is 17.3 Å². The van der Waals surface area contributed by atoms with Crippen molar-refractivity contribution < 1.29 is 22.7 Å². The molecule has 2 aromatic rings. The van der Waals surface area contributed by atoms with Gasteiger partial charge < -0.3 is 10.1 Å². The third kappa shape index (κ3) is 5.78. The van der Waals surface area contributed by atoms with E-state index >= 15 is 0 Å². The minimum Gasteiger partial charge on any atom is -0.468 e. The van der Waals surface area contributed by atoms with Gasteiger partial charge in [0.25, 0.3) is 5.91 Å². The lowest BCUT2D eigenvalue weighted by Crippen LogP contribution is -2.39. The van der Waals surface area contributed by atoms with Crippen LogP contribution in [0.1, 0.15) is 22.8 Å². The van der Waals surface area contributed by atoms with Crippen LogP contribution in [0.4, 0.5) is 0 Å². The summed E-state index contributed by atoms with van der Waals surface area (Å²) >= 11 is 5.79. The van der Waals surface area contributed by atoms with Crippen LogP contribution in [0.15, 0.2) is 53.4 Å². The van der Waals surface area contributed by atoms with Crippen molar-refractivity contribution in [3.8, 4) is 0 Å². The molecule has 9 heteroatoms. The fourth-order valence-corrected chi connectivity index (χ4v) is 3.52. The average Bonchev–Trinajstić information content (AvgIpc) is 2.66. The number of hydrogen-bond donors (Lipinski definition) is 2. The lowest BCUT2D eigenvalue weighted by molar-refractivity contribution is -0.142. The summed E-state index contributed by atoms with van der Waals surface area (Å²) in [6.07, 6.45) is 0. The van der Waals surface area contributed by atoms with Gasteiger partial charge in [-0.3, -0.25) is 9.59 Å². The normalized spacial score (nSPS) is 12.3. The highest BCUT2D eigenvalue weighted by atomic mass is 35.5. The van der Waals surface area contributed by atoms with Gasteiger partial charge >= 0.3 is 5.97 Å². The van der Waals surface area contributed by atoms with Crippen LogP contribution in [0.5, 0.6) is 0 Å². The zero-order valence-electron chi connectivity index (χ0n) is 14.7. The first-order valence-electron chi connectivity index (χ1n) is 7.96. The van der Waals surface area contributed by atoms with E-state index in [9.17, 15) is 18.0 Å². The molecular formula is C18H19ClN2O5S. The molecule has 2 N–H and O–H groups in total. The largest absolute Gasteiger partial charge is 0.468 e. The molecule has 0 saturated heterocycles. The van der Waals surface area contributed by atoms with E-state index in [4.69, 9.17) is 11.6 Å². The number of methoxy groups -OCH3 is 1. The van der Waals surface area contributed by atoms with Crippen molar-refractivity contribution >= 4 is 33.5 Å². The van der Waals surface area contributed by atoms with Crippen LogP contribution in [0.3, 0.4) is 0 Å². The Hall–Kier alpha value is -2.42. The van der Waals surface area contributed by atoms with Crippen LogP contribution < -0.4 is 10.0 Å². The van der Waals surface area contributed by atoms with Crippen molar-refractivity contribution in [2.45, 2.75) is 24.4 Å². The third-order valence-corrected chi connectivity index (χ3v) is 5.49. The first-order valence-corrected chi connectivity index (χ1v) is 9.82. The summed E-state index contributed by atoms with van der Waals surface area (Å²) in [5.41, 5.74) is 1.19. The standard InChI is InChI=1S/C18H19ClN2O5S/c1-12(18(23)26-2)21-27(24,25)16-9-3-13(4-10-16)11-20-17(22)14-5-7-15(19)8-6-14/h3-10,12,21H,11H2,1-2H3,(H,20,22). The fourth-order valence-electron chi connectivity index (χ4n) is 2.20. The number of carbonyl (C=O) groups excluding carboxylic acids is 2. The van der Waals surface area contributed by atoms with Crippen LogP contribution in [-0.4, -0.2) is 33.4 Å². The Morgan fingerprint density at radius 3 is 2.22 bits per heavy atom. The molecule has 0 aliphatic carbocycles. The molecule has 0 radical (unpaired) electrons. The molecule has 144 valence electrons. The molecule has 1 amide bonds. The topological polar surface area (TPSA) is 102 Å². The van der Waals surface area contributed by atoms with Crippen LogP contribution in [-0.2, 0) is 26.1 Å². The summed E-state index contributed by atoms with van der Waals surface area (Å²) in [7, 11) is -2.68. The molecular weight excluding hydrogens is 392 g/mol. The number of nitrogens with one attached hydrogen (secondary N) is 2. The number of benzene rings is 2. The van der Waals surface area contributed by atoms with Crippen molar-refractivity contribution in [3.63, 3.8) is 0 Å². The van der Waals surface area contributed by atoms with Crippen LogP contribution in [0.25, 0.3) is 0 Å². The van der Waals surface area contributed by atoms with Gasteiger partial charge in [-0.2, -0.15) is 4.72 Å². The second-order valence-corrected chi connectivity index (χ2v) is 7.85. The summed E-state index contributed by atoms with van der Waals surface area (Å²) in [6, 6.07) is 11.4. The zero-order valence-corrected chi connectivity index (χ0v) is 16.3.